The topological polar surface area (TPSA) is 57.5 Å². The normalized spacial score (nSPS) is 12.4. The molecule has 0 aliphatic carbocycles. The van der Waals surface area contributed by atoms with Crippen molar-refractivity contribution in [2.45, 2.75) is 348 Å². The Kier molecular flexibility index (Phi) is 56.9. The molecule has 0 rings (SSSR count). The summed E-state index contributed by atoms with van der Waals surface area (Å²) >= 11 is 0. The third-order valence-corrected chi connectivity index (χ3v) is 13.2. The van der Waals surface area contributed by atoms with Gasteiger partial charge in [0.25, 0.3) is 0 Å². The molecule has 0 saturated carbocycles. The fourth-order valence-electron chi connectivity index (χ4n) is 8.91. The Morgan fingerprint density at radius 1 is 0.271 bits per heavy atom. The second kappa shape index (κ2) is 55.4. The molecule has 59 heavy (non-hydrogen) atoms. The van der Waals surface area contributed by atoms with Crippen LogP contribution < -0.4 is 0 Å². The van der Waals surface area contributed by atoms with Crippen LogP contribution in [0.2, 0.25) is 0 Å². The van der Waals surface area contributed by atoms with E-state index in [0.717, 1.165) is 38.5 Å². The highest BCUT2D eigenvalue weighted by Gasteiger charge is 2.16. The molecule has 0 fully saturated rings. The highest BCUT2D eigenvalue weighted by molar-refractivity contribution is 5.69. The van der Waals surface area contributed by atoms with E-state index < -0.39 is 5.97 Å². The lowest BCUT2D eigenvalue weighted by molar-refractivity contribution is -0.142. The molecule has 2 unspecified atom stereocenters. The molecule has 0 saturated heterocycles. The van der Waals surface area contributed by atoms with E-state index in [1.54, 1.807) is 0 Å². The second-order valence-corrected chi connectivity index (χ2v) is 19.3. The molecule has 0 aromatic rings. The van der Waals surface area contributed by atoms with E-state index in [0.29, 0.717) is 0 Å². The molecular formula is C56H114O3. The van der Waals surface area contributed by atoms with Crippen LogP contribution in [0.4, 0.5) is 0 Å². The van der Waals surface area contributed by atoms with E-state index in [1.165, 1.54) is 276 Å². The first-order chi connectivity index (χ1) is 29.0. The zero-order valence-corrected chi connectivity index (χ0v) is 41.6. The monoisotopic (exact) mass is 835 g/mol. The summed E-state index contributed by atoms with van der Waals surface area (Å²) in [6, 6.07) is 0. The fourth-order valence-corrected chi connectivity index (χ4v) is 8.91. The van der Waals surface area contributed by atoms with Gasteiger partial charge in [0.1, 0.15) is 0 Å². The number of aliphatic carboxylic acids is 1. The standard InChI is InChI=1S/C36H72O2.C20H42O/c1-3-5-7-9-11-13-15-17-19-20-22-24-26-28-30-32-34-35(36(37)38)33-31-29-27-25-23-21-18-16-14-12-10-8-6-4-2;1-3-5-7-9-11-12-13-15-17-19-20(21)18-16-14-10-8-6-4-2/h35H,3-34H2,1-2H3,(H,37,38);20-21H,3-19H2,1-2H3. The highest BCUT2D eigenvalue weighted by atomic mass is 16.4. The minimum atomic E-state index is -0.555. The predicted molar refractivity (Wildman–Crippen MR) is 266 cm³/mol. The van der Waals surface area contributed by atoms with Gasteiger partial charge < -0.3 is 10.2 Å². The number of carboxylic acids is 1. The minimum Gasteiger partial charge on any atom is -0.481 e. The van der Waals surface area contributed by atoms with Gasteiger partial charge in [-0.3, -0.25) is 4.79 Å². The Bertz CT molecular complexity index is 737. The van der Waals surface area contributed by atoms with Gasteiger partial charge in [0, 0.05) is 0 Å². The van der Waals surface area contributed by atoms with Crippen LogP contribution in [0.15, 0.2) is 0 Å². The van der Waals surface area contributed by atoms with Crippen molar-refractivity contribution in [1.82, 2.24) is 0 Å². The smallest absolute Gasteiger partial charge is 0.306 e. The first-order valence-corrected chi connectivity index (χ1v) is 27.9. The maximum atomic E-state index is 11.7. The van der Waals surface area contributed by atoms with Gasteiger partial charge >= 0.3 is 5.97 Å². The fraction of sp³-hybridized carbons (Fsp3) is 0.982. The highest BCUT2D eigenvalue weighted by Crippen LogP contribution is 2.21. The lowest BCUT2D eigenvalue weighted by Crippen LogP contribution is -2.13. The van der Waals surface area contributed by atoms with Crippen molar-refractivity contribution in [2.75, 3.05) is 0 Å². The molecule has 0 bridgehead atoms. The van der Waals surface area contributed by atoms with Gasteiger partial charge in [0.05, 0.1) is 12.0 Å². The maximum Gasteiger partial charge on any atom is 0.306 e. The van der Waals surface area contributed by atoms with Crippen molar-refractivity contribution >= 4 is 5.97 Å². The Morgan fingerprint density at radius 3 is 0.593 bits per heavy atom. The quantitative estimate of drug-likeness (QED) is 0.0600. The molecular weight excluding hydrogens is 721 g/mol. The van der Waals surface area contributed by atoms with Crippen LogP contribution in [0, 0.1) is 5.92 Å². The third-order valence-electron chi connectivity index (χ3n) is 13.2. The predicted octanol–water partition coefficient (Wildman–Crippen LogP) is 20.2. The van der Waals surface area contributed by atoms with E-state index in [2.05, 4.69) is 27.7 Å². The Labute approximate surface area is 374 Å². The Balaban J connectivity index is 0. The lowest BCUT2D eigenvalue weighted by atomic mass is 9.94. The summed E-state index contributed by atoms with van der Waals surface area (Å²) in [5, 5.41) is 19.6. The average Bonchev–Trinajstić information content (AvgIpc) is 3.23. The van der Waals surface area contributed by atoms with Crippen LogP contribution in [0.1, 0.15) is 342 Å². The molecule has 0 radical (unpaired) electrons. The van der Waals surface area contributed by atoms with Gasteiger partial charge in [-0.05, 0) is 25.7 Å². The van der Waals surface area contributed by atoms with Crippen molar-refractivity contribution in [2.24, 2.45) is 5.92 Å². The molecule has 356 valence electrons. The van der Waals surface area contributed by atoms with Crippen molar-refractivity contribution in [3.8, 4) is 0 Å². The molecule has 0 heterocycles. The van der Waals surface area contributed by atoms with Crippen molar-refractivity contribution in [1.29, 1.82) is 0 Å². The maximum absolute atomic E-state index is 11.7. The summed E-state index contributed by atoms with van der Waals surface area (Å²) in [4.78, 5) is 11.7. The Hall–Kier alpha value is -0.570. The molecule has 0 aromatic heterocycles. The van der Waals surface area contributed by atoms with Crippen LogP contribution in [0.25, 0.3) is 0 Å². The number of rotatable bonds is 50. The number of unbranched alkanes of at least 4 members (excludes halogenated alkanes) is 41. The zero-order chi connectivity index (χ0) is 43.4. The third kappa shape index (κ3) is 55.4. The number of carbonyl (C=O) groups is 1. The second-order valence-electron chi connectivity index (χ2n) is 19.3. The van der Waals surface area contributed by atoms with Gasteiger partial charge in [-0.1, -0.05) is 317 Å². The summed E-state index contributed by atoms with van der Waals surface area (Å²) in [5.41, 5.74) is 0. The van der Waals surface area contributed by atoms with Crippen LogP contribution in [0.3, 0.4) is 0 Å². The van der Waals surface area contributed by atoms with Crippen molar-refractivity contribution in [3.05, 3.63) is 0 Å². The summed E-state index contributed by atoms with van der Waals surface area (Å²) in [6.07, 6.45) is 65.2. The van der Waals surface area contributed by atoms with Gasteiger partial charge in [-0.25, -0.2) is 0 Å². The molecule has 0 aliphatic rings. The minimum absolute atomic E-state index is 0.0271. The molecule has 0 aliphatic heterocycles. The van der Waals surface area contributed by atoms with Crippen molar-refractivity contribution < 1.29 is 15.0 Å². The molecule has 3 heteroatoms. The van der Waals surface area contributed by atoms with E-state index in [4.69, 9.17) is 0 Å². The number of aliphatic hydroxyl groups excluding tert-OH is 1. The Morgan fingerprint density at radius 2 is 0.424 bits per heavy atom. The molecule has 2 atom stereocenters. The molecule has 2 N–H and O–H groups in total. The molecule has 0 aromatic carbocycles. The van der Waals surface area contributed by atoms with Gasteiger partial charge in [-0.15, -0.1) is 0 Å². The summed E-state index contributed by atoms with van der Waals surface area (Å²) < 4.78 is 0. The van der Waals surface area contributed by atoms with Gasteiger partial charge in [0.15, 0.2) is 0 Å². The first-order valence-electron chi connectivity index (χ1n) is 27.9. The van der Waals surface area contributed by atoms with Gasteiger partial charge in [0.2, 0.25) is 0 Å². The van der Waals surface area contributed by atoms with Crippen LogP contribution in [-0.2, 0) is 4.79 Å². The van der Waals surface area contributed by atoms with E-state index in [9.17, 15) is 15.0 Å². The molecule has 0 amide bonds. The lowest BCUT2D eigenvalue weighted by Gasteiger charge is -2.12. The first kappa shape index (κ1) is 60.5. The summed E-state index contributed by atoms with van der Waals surface area (Å²) in [6.45, 7) is 9.11. The molecule has 3 nitrogen and oxygen atoms in total. The average molecular weight is 836 g/mol. The summed E-state index contributed by atoms with van der Waals surface area (Å²) in [7, 11) is 0. The van der Waals surface area contributed by atoms with Crippen LogP contribution >= 0.6 is 0 Å². The number of hydrogen-bond donors (Lipinski definition) is 2. The SMILES string of the molecule is CCCCCCCCCCCC(O)CCCCCCCC.CCCCCCCCCCCCCCCCCCC(CCCCCCCCCCCCCCCC)C(=O)O. The number of hydrogen-bond acceptors (Lipinski definition) is 2. The van der Waals surface area contributed by atoms with E-state index in [-0.39, 0.29) is 12.0 Å². The van der Waals surface area contributed by atoms with Gasteiger partial charge in [-0.2, -0.15) is 0 Å². The largest absolute Gasteiger partial charge is 0.481 e. The number of carboxylic acid groups (broad SMARTS) is 1. The number of aliphatic hydroxyl groups is 1. The van der Waals surface area contributed by atoms with Crippen molar-refractivity contribution in [3.63, 3.8) is 0 Å². The molecule has 0 spiro atoms. The van der Waals surface area contributed by atoms with E-state index in [1.807, 2.05) is 0 Å². The zero-order valence-electron chi connectivity index (χ0n) is 41.6. The van der Waals surface area contributed by atoms with Crippen LogP contribution in [-0.4, -0.2) is 22.3 Å². The summed E-state index contributed by atoms with van der Waals surface area (Å²) in [5.74, 6) is -0.653. The van der Waals surface area contributed by atoms with E-state index >= 15 is 0 Å². The van der Waals surface area contributed by atoms with Crippen LogP contribution in [0.5, 0.6) is 0 Å².